The van der Waals surface area contributed by atoms with Crippen LogP contribution < -0.4 is 10.1 Å². The van der Waals surface area contributed by atoms with Crippen molar-refractivity contribution < 1.29 is 14.6 Å². The largest absolute Gasteiger partial charge is 0.483 e. The van der Waals surface area contributed by atoms with E-state index in [-0.39, 0.29) is 19.1 Å². The van der Waals surface area contributed by atoms with E-state index >= 15 is 0 Å². The Labute approximate surface area is 182 Å². The second-order valence-corrected chi connectivity index (χ2v) is 7.92. The first kappa shape index (κ1) is 21.1. The van der Waals surface area contributed by atoms with E-state index in [9.17, 15) is 9.90 Å². The van der Waals surface area contributed by atoms with Gasteiger partial charge in [0, 0.05) is 45.0 Å². The average molecular weight is 421 g/mol. The summed E-state index contributed by atoms with van der Waals surface area (Å²) in [7, 11) is 1.90. The molecule has 1 atom stereocenters. The van der Waals surface area contributed by atoms with E-state index in [2.05, 4.69) is 33.4 Å². The molecule has 1 amide bonds. The molecule has 162 valence electrons. The molecular weight excluding hydrogens is 392 g/mol. The molecule has 0 saturated carbocycles. The van der Waals surface area contributed by atoms with Crippen molar-refractivity contribution in [3.8, 4) is 17.0 Å². The van der Waals surface area contributed by atoms with Crippen LogP contribution in [0.15, 0.2) is 61.1 Å². The molecule has 0 radical (unpaired) electrons. The third-order valence-electron chi connectivity index (χ3n) is 5.44. The Morgan fingerprint density at radius 2 is 1.97 bits per heavy atom. The lowest BCUT2D eigenvalue weighted by Gasteiger charge is -2.30. The van der Waals surface area contributed by atoms with Gasteiger partial charge in [0.05, 0.1) is 18.1 Å². The molecule has 7 nitrogen and oxygen atoms in total. The van der Waals surface area contributed by atoms with Crippen molar-refractivity contribution >= 4 is 5.91 Å². The Bertz CT molecular complexity index is 1030. The van der Waals surface area contributed by atoms with Crippen LogP contribution in [0.1, 0.15) is 11.1 Å². The lowest BCUT2D eigenvalue weighted by atomic mass is 10.00. The minimum Gasteiger partial charge on any atom is -0.483 e. The van der Waals surface area contributed by atoms with E-state index < -0.39 is 6.10 Å². The molecule has 0 bridgehead atoms. The van der Waals surface area contributed by atoms with Gasteiger partial charge in [-0.1, -0.05) is 36.4 Å². The minimum atomic E-state index is -0.630. The van der Waals surface area contributed by atoms with Crippen LogP contribution in [0.3, 0.4) is 0 Å². The Balaban J connectivity index is 1.23. The van der Waals surface area contributed by atoms with E-state index in [1.165, 1.54) is 11.1 Å². The zero-order chi connectivity index (χ0) is 21.6. The van der Waals surface area contributed by atoms with Crippen LogP contribution in [0, 0.1) is 0 Å². The summed E-state index contributed by atoms with van der Waals surface area (Å²) in [5.41, 5.74) is 4.31. The third-order valence-corrected chi connectivity index (χ3v) is 5.44. The molecule has 1 aromatic heterocycles. The highest BCUT2D eigenvalue weighted by molar-refractivity contribution is 5.78. The van der Waals surface area contributed by atoms with E-state index in [0.29, 0.717) is 12.3 Å². The molecule has 7 heteroatoms. The van der Waals surface area contributed by atoms with Gasteiger partial charge in [-0.3, -0.25) is 9.69 Å². The number of imidazole rings is 1. The number of nitrogens with one attached hydrogen (secondary N) is 1. The fourth-order valence-corrected chi connectivity index (χ4v) is 3.85. The van der Waals surface area contributed by atoms with Crippen LogP contribution in [-0.4, -0.2) is 57.8 Å². The van der Waals surface area contributed by atoms with Crippen molar-refractivity contribution in [2.75, 3.05) is 26.2 Å². The SMILES string of the molecule is Cn1cnc(-c2ccccc2OCC(=O)NCC(O)CN2CCc3ccccc3C2)c1. The molecule has 1 aliphatic heterocycles. The number of carbonyl (C=O) groups is 1. The number of para-hydroxylation sites is 1. The maximum atomic E-state index is 12.2. The molecule has 0 fully saturated rings. The number of hydrogen-bond donors (Lipinski definition) is 2. The van der Waals surface area contributed by atoms with E-state index in [1.54, 1.807) is 6.33 Å². The summed E-state index contributed by atoms with van der Waals surface area (Å²) in [6.07, 6.45) is 3.98. The van der Waals surface area contributed by atoms with Gasteiger partial charge in [-0.05, 0) is 29.7 Å². The molecule has 1 unspecified atom stereocenters. The fourth-order valence-electron chi connectivity index (χ4n) is 3.85. The van der Waals surface area contributed by atoms with Crippen molar-refractivity contribution in [2.45, 2.75) is 19.1 Å². The highest BCUT2D eigenvalue weighted by atomic mass is 16.5. The van der Waals surface area contributed by atoms with E-state index in [4.69, 9.17) is 4.74 Å². The number of aryl methyl sites for hydroxylation is 1. The second-order valence-electron chi connectivity index (χ2n) is 7.92. The normalized spacial score (nSPS) is 14.6. The summed E-state index contributed by atoms with van der Waals surface area (Å²) in [6.45, 7) is 2.35. The van der Waals surface area contributed by atoms with Gasteiger partial charge in [-0.25, -0.2) is 4.98 Å². The molecule has 3 aromatic rings. The van der Waals surface area contributed by atoms with Crippen LogP contribution in [0.2, 0.25) is 0 Å². The van der Waals surface area contributed by atoms with Gasteiger partial charge in [-0.2, -0.15) is 0 Å². The molecular formula is C24H28N4O3. The van der Waals surface area contributed by atoms with Crippen LogP contribution in [0.5, 0.6) is 5.75 Å². The number of aliphatic hydroxyl groups is 1. The quantitative estimate of drug-likeness (QED) is 0.583. The van der Waals surface area contributed by atoms with Gasteiger partial charge in [0.1, 0.15) is 5.75 Å². The number of ether oxygens (including phenoxy) is 1. The Kier molecular flexibility index (Phi) is 6.64. The molecule has 31 heavy (non-hydrogen) atoms. The summed E-state index contributed by atoms with van der Waals surface area (Å²) < 4.78 is 7.59. The predicted molar refractivity (Wildman–Crippen MR) is 119 cm³/mol. The fraction of sp³-hybridized carbons (Fsp3) is 0.333. The van der Waals surface area contributed by atoms with Gasteiger partial charge in [0.2, 0.25) is 0 Å². The third kappa shape index (κ3) is 5.51. The molecule has 0 saturated heterocycles. The number of rotatable bonds is 8. The Morgan fingerprint density at radius 1 is 1.19 bits per heavy atom. The lowest BCUT2D eigenvalue weighted by molar-refractivity contribution is -0.123. The summed E-state index contributed by atoms with van der Waals surface area (Å²) in [5.74, 6) is 0.336. The zero-order valence-corrected chi connectivity index (χ0v) is 17.7. The molecule has 2 N–H and O–H groups in total. The zero-order valence-electron chi connectivity index (χ0n) is 17.7. The molecule has 0 aliphatic carbocycles. The number of carbonyl (C=O) groups excluding carboxylic acids is 1. The number of aromatic nitrogens is 2. The molecule has 1 aliphatic rings. The van der Waals surface area contributed by atoms with Gasteiger partial charge >= 0.3 is 0 Å². The topological polar surface area (TPSA) is 79.6 Å². The minimum absolute atomic E-state index is 0.117. The summed E-state index contributed by atoms with van der Waals surface area (Å²) in [6, 6.07) is 15.9. The van der Waals surface area contributed by atoms with Crippen molar-refractivity contribution in [3.05, 3.63) is 72.2 Å². The van der Waals surface area contributed by atoms with Crippen molar-refractivity contribution in [1.82, 2.24) is 19.8 Å². The van der Waals surface area contributed by atoms with Gasteiger partial charge < -0.3 is 19.7 Å². The smallest absolute Gasteiger partial charge is 0.258 e. The highest BCUT2D eigenvalue weighted by Gasteiger charge is 2.19. The standard InChI is InChI=1S/C24H28N4O3/c1-27-15-22(26-17-27)21-8-4-5-9-23(21)31-16-24(30)25-12-20(29)14-28-11-10-18-6-2-3-7-19(18)13-28/h2-9,15,17,20,29H,10-14,16H2,1H3,(H,25,30). The first-order chi connectivity index (χ1) is 15.1. The molecule has 4 rings (SSSR count). The van der Waals surface area contributed by atoms with Gasteiger partial charge in [0.25, 0.3) is 5.91 Å². The van der Waals surface area contributed by atoms with Gasteiger partial charge in [0.15, 0.2) is 6.61 Å². The molecule has 2 aromatic carbocycles. The number of benzene rings is 2. The van der Waals surface area contributed by atoms with Crippen LogP contribution in [0.25, 0.3) is 11.3 Å². The van der Waals surface area contributed by atoms with Crippen LogP contribution in [-0.2, 0) is 24.8 Å². The maximum Gasteiger partial charge on any atom is 0.258 e. The molecule has 0 spiro atoms. The summed E-state index contributed by atoms with van der Waals surface area (Å²) in [5, 5.41) is 13.1. The number of amides is 1. The van der Waals surface area contributed by atoms with Crippen molar-refractivity contribution in [1.29, 1.82) is 0 Å². The first-order valence-electron chi connectivity index (χ1n) is 10.5. The van der Waals surface area contributed by atoms with Crippen LogP contribution in [0.4, 0.5) is 0 Å². The summed E-state index contributed by atoms with van der Waals surface area (Å²) >= 11 is 0. The Morgan fingerprint density at radius 3 is 2.77 bits per heavy atom. The lowest BCUT2D eigenvalue weighted by Crippen LogP contribution is -2.42. The Hall–Kier alpha value is -3.16. The monoisotopic (exact) mass is 420 g/mol. The van der Waals surface area contributed by atoms with Crippen molar-refractivity contribution in [2.24, 2.45) is 7.05 Å². The first-order valence-corrected chi connectivity index (χ1v) is 10.5. The van der Waals surface area contributed by atoms with Crippen molar-refractivity contribution in [3.63, 3.8) is 0 Å². The molecule has 2 heterocycles. The maximum absolute atomic E-state index is 12.2. The number of fused-ring (bicyclic) bond motifs is 1. The van der Waals surface area contributed by atoms with Gasteiger partial charge in [-0.15, -0.1) is 0 Å². The number of nitrogens with zero attached hydrogens (tertiary/aromatic N) is 3. The van der Waals surface area contributed by atoms with E-state index in [1.807, 2.05) is 48.1 Å². The summed E-state index contributed by atoms with van der Waals surface area (Å²) in [4.78, 5) is 18.8. The number of β-amino-alcohol motifs (C(OH)–C–C–N with tert-alkyl or cyclic N) is 1. The number of aliphatic hydroxyl groups excluding tert-OH is 1. The average Bonchev–Trinajstić information content (AvgIpc) is 3.22. The predicted octanol–water partition coefficient (Wildman–Crippen LogP) is 2.00. The van der Waals surface area contributed by atoms with E-state index in [0.717, 1.165) is 30.8 Å². The highest BCUT2D eigenvalue weighted by Crippen LogP contribution is 2.28. The number of hydrogen-bond acceptors (Lipinski definition) is 5. The second kappa shape index (κ2) is 9.76. The van der Waals surface area contributed by atoms with Crippen LogP contribution >= 0.6 is 0 Å².